The fourth-order valence-corrected chi connectivity index (χ4v) is 7.38. The highest BCUT2D eigenvalue weighted by Crippen LogP contribution is 2.64. The number of fused-ring (bicyclic) bond motifs is 1. The summed E-state index contributed by atoms with van der Waals surface area (Å²) < 4.78 is 17.5. The van der Waals surface area contributed by atoms with Crippen molar-refractivity contribution in [3.05, 3.63) is 99.9 Å². The molecule has 1 N–H and O–H groups in total. The molecule has 5 nitrogen and oxygen atoms in total. The number of hydrogen-bond acceptors (Lipinski definition) is 3. The van der Waals surface area contributed by atoms with Crippen molar-refractivity contribution in [1.29, 1.82) is 0 Å². The number of nitrogens with one attached hydrogen (secondary N) is 1. The lowest BCUT2D eigenvalue weighted by molar-refractivity contribution is 0.579. The normalized spacial score (nSPS) is 23.5. The molecule has 3 aromatic carbocycles. The van der Waals surface area contributed by atoms with Gasteiger partial charge in [-0.15, -0.1) is 0 Å². The molecule has 0 bridgehead atoms. The van der Waals surface area contributed by atoms with Crippen LogP contribution in [0.5, 0.6) is 0 Å². The number of anilines is 3. The Balaban J connectivity index is 1.70. The number of allylic oxidation sites excluding steroid dienone is 2. The lowest BCUT2D eigenvalue weighted by Gasteiger charge is -2.31. The smallest absolute Gasteiger partial charge is 0.313 e. The summed E-state index contributed by atoms with van der Waals surface area (Å²) in [5.41, 5.74) is 4.57. The number of hydrogen-bond donors (Lipinski definition) is 1. The minimum absolute atomic E-state index is 0.323. The maximum absolute atomic E-state index is 14.9. The molecule has 0 unspecified atom stereocenters. The van der Waals surface area contributed by atoms with Gasteiger partial charge in [-0.2, -0.15) is 9.88 Å². The van der Waals surface area contributed by atoms with Crippen LogP contribution in [0.3, 0.4) is 0 Å². The van der Waals surface area contributed by atoms with Gasteiger partial charge in [-0.25, -0.2) is 0 Å². The molecule has 0 aromatic heterocycles. The van der Waals surface area contributed by atoms with Gasteiger partial charge in [0.25, 0.3) is 0 Å². The van der Waals surface area contributed by atoms with Gasteiger partial charge in [0.2, 0.25) is 0 Å². The van der Waals surface area contributed by atoms with Crippen molar-refractivity contribution >= 4 is 46.7 Å². The molecule has 32 heavy (non-hydrogen) atoms. The highest BCUT2D eigenvalue weighted by atomic mass is 79.9. The van der Waals surface area contributed by atoms with E-state index >= 15 is 0 Å². The summed E-state index contributed by atoms with van der Waals surface area (Å²) in [6, 6.07) is 25.7. The van der Waals surface area contributed by atoms with Gasteiger partial charge in [0.1, 0.15) is 0 Å². The zero-order valence-electron chi connectivity index (χ0n) is 18.2. The summed E-state index contributed by atoms with van der Waals surface area (Å²) in [5.74, 6) is 0. The number of benzene rings is 3. The Labute approximate surface area is 197 Å². The number of hydrazone groups is 1. The van der Waals surface area contributed by atoms with Crippen LogP contribution in [0.15, 0.2) is 99.4 Å². The molecule has 7 heteroatoms. The Morgan fingerprint density at radius 3 is 2.28 bits per heavy atom. The summed E-state index contributed by atoms with van der Waals surface area (Å²) in [7, 11) is -1.32. The van der Waals surface area contributed by atoms with Gasteiger partial charge < -0.3 is 9.99 Å². The third kappa shape index (κ3) is 3.21. The van der Waals surface area contributed by atoms with E-state index in [4.69, 9.17) is 0 Å². The van der Waals surface area contributed by atoms with Crippen molar-refractivity contribution < 1.29 is 4.57 Å². The lowest BCUT2D eigenvalue weighted by atomic mass is 9.84. The summed E-state index contributed by atoms with van der Waals surface area (Å²) in [4.78, 5) is 2.15. The maximum Gasteiger partial charge on any atom is 0.313 e. The Morgan fingerprint density at radius 1 is 0.938 bits per heavy atom. The van der Waals surface area contributed by atoms with E-state index in [2.05, 4.69) is 63.1 Å². The van der Waals surface area contributed by atoms with E-state index in [0.29, 0.717) is 5.31 Å². The van der Waals surface area contributed by atoms with Crippen molar-refractivity contribution in [2.24, 2.45) is 5.10 Å². The molecule has 162 valence electrons. The Morgan fingerprint density at radius 2 is 1.59 bits per heavy atom. The molecule has 5 rings (SSSR count). The van der Waals surface area contributed by atoms with Crippen molar-refractivity contribution in [1.82, 2.24) is 0 Å². The van der Waals surface area contributed by atoms with Crippen LogP contribution in [0.1, 0.15) is 19.4 Å². The van der Waals surface area contributed by atoms with Gasteiger partial charge in [0.15, 0.2) is 0 Å². The fourth-order valence-electron chi connectivity index (χ4n) is 4.62. The van der Waals surface area contributed by atoms with Crippen LogP contribution in [0.4, 0.5) is 17.1 Å². The third-order valence-corrected chi connectivity index (χ3v) is 9.04. The molecule has 3 aromatic rings. The summed E-state index contributed by atoms with van der Waals surface area (Å²) in [6.07, 6.45) is 1.76. The first-order valence-electron chi connectivity index (χ1n) is 10.4. The van der Waals surface area contributed by atoms with Gasteiger partial charge in [-0.05, 0) is 48.0 Å². The summed E-state index contributed by atoms with van der Waals surface area (Å²) in [5, 5.41) is 8.72. The Kier molecular flexibility index (Phi) is 5.03. The summed E-state index contributed by atoms with van der Waals surface area (Å²) >= 11 is 3.48. The van der Waals surface area contributed by atoms with Crippen LogP contribution in [0.2, 0.25) is 0 Å². The zero-order chi connectivity index (χ0) is 22.5. The topological polar surface area (TPSA) is 47.9 Å². The first-order valence-corrected chi connectivity index (χ1v) is 12.9. The number of halogens is 1. The molecule has 1 atom stereocenters. The van der Waals surface area contributed by atoms with Gasteiger partial charge in [0, 0.05) is 34.0 Å². The number of para-hydroxylation sites is 2. The maximum atomic E-state index is 14.9. The van der Waals surface area contributed by atoms with Crippen molar-refractivity contribution in [2.75, 3.05) is 21.8 Å². The van der Waals surface area contributed by atoms with Gasteiger partial charge >= 0.3 is 7.44 Å². The standard InChI is InChI=1S/C25H24BrN4OP/c1-25(2)21-11-7-8-12-22(21)29(3)24(25)23-17-27-30(20-9-5-4-6-10-20)32(23,31)28-19-15-13-18(26)14-16-19/h4-17H,1-3H3,(H,28,31)/b24-23-/t32-/m0/s1. The van der Waals surface area contributed by atoms with Crippen LogP contribution in [-0.4, -0.2) is 13.3 Å². The first-order chi connectivity index (χ1) is 15.3. The lowest BCUT2D eigenvalue weighted by Crippen LogP contribution is -2.26. The minimum atomic E-state index is -3.36. The van der Waals surface area contributed by atoms with Gasteiger partial charge in [-0.1, -0.05) is 66.2 Å². The molecule has 2 aliphatic rings. The zero-order valence-corrected chi connectivity index (χ0v) is 20.6. The van der Waals surface area contributed by atoms with Crippen molar-refractivity contribution in [3.63, 3.8) is 0 Å². The first kappa shape index (κ1) is 21.0. The SMILES string of the molecule is CN1/C(=C2/C=NN(c3ccccc3)[P@@]2(=O)Nc2ccc(Br)cc2)C(C)(C)c2ccccc21. The molecule has 2 heterocycles. The molecule has 0 fully saturated rings. The number of likely N-dealkylation sites (N-methyl/N-ethyl adjacent to an activating group) is 1. The second-order valence-electron chi connectivity index (χ2n) is 8.50. The molecule has 0 saturated heterocycles. The molecule has 0 aliphatic carbocycles. The van der Waals surface area contributed by atoms with E-state index in [1.165, 1.54) is 5.56 Å². The predicted octanol–water partition coefficient (Wildman–Crippen LogP) is 7.20. The molecule has 0 amide bonds. The van der Waals surface area contributed by atoms with Crippen molar-refractivity contribution in [2.45, 2.75) is 19.3 Å². The Bertz CT molecular complexity index is 1280. The molecule has 0 spiro atoms. The molecule has 0 radical (unpaired) electrons. The predicted molar refractivity (Wildman–Crippen MR) is 138 cm³/mol. The van der Waals surface area contributed by atoms with E-state index < -0.39 is 7.44 Å². The second kappa shape index (κ2) is 7.65. The average Bonchev–Trinajstić information content (AvgIpc) is 3.21. The van der Waals surface area contributed by atoms with E-state index in [9.17, 15) is 4.57 Å². The van der Waals surface area contributed by atoms with Gasteiger partial charge in [0.05, 0.1) is 17.2 Å². The largest absolute Gasteiger partial charge is 0.346 e. The van der Waals surface area contributed by atoms with Crippen LogP contribution in [0.25, 0.3) is 0 Å². The highest BCUT2D eigenvalue weighted by molar-refractivity contribution is 9.10. The van der Waals surface area contributed by atoms with E-state index in [0.717, 1.165) is 27.2 Å². The minimum Gasteiger partial charge on any atom is -0.346 e. The molecular weight excluding hydrogens is 483 g/mol. The number of rotatable bonds is 3. The molecule has 0 saturated carbocycles. The monoisotopic (exact) mass is 506 g/mol. The van der Waals surface area contributed by atoms with Crippen molar-refractivity contribution in [3.8, 4) is 0 Å². The fraction of sp³-hybridized carbons (Fsp3) is 0.160. The van der Waals surface area contributed by atoms with Gasteiger partial charge in [-0.3, -0.25) is 4.57 Å². The van der Waals surface area contributed by atoms with Crippen LogP contribution in [-0.2, 0) is 9.98 Å². The highest BCUT2D eigenvalue weighted by Gasteiger charge is 2.48. The van der Waals surface area contributed by atoms with E-state index in [1.807, 2.05) is 67.7 Å². The quantitative estimate of drug-likeness (QED) is 0.381. The van der Waals surface area contributed by atoms with Crippen LogP contribution in [0, 0.1) is 0 Å². The summed E-state index contributed by atoms with van der Waals surface area (Å²) in [6.45, 7) is 4.36. The molecular formula is C25H24BrN4OP. The third-order valence-electron chi connectivity index (χ3n) is 6.10. The second-order valence-corrected chi connectivity index (χ2v) is 11.7. The van der Waals surface area contributed by atoms with E-state index in [1.54, 1.807) is 11.0 Å². The average molecular weight is 507 g/mol. The van der Waals surface area contributed by atoms with E-state index in [-0.39, 0.29) is 5.41 Å². The number of nitrogens with zero attached hydrogens (tertiary/aromatic N) is 3. The molecule has 2 aliphatic heterocycles. The van der Waals surface area contributed by atoms with Crippen LogP contribution >= 0.6 is 23.4 Å². The Hall–Kier alpha value is -2.82. The van der Waals surface area contributed by atoms with Crippen LogP contribution < -0.4 is 14.8 Å².